The van der Waals surface area contributed by atoms with Crippen LogP contribution in [0.3, 0.4) is 0 Å². The highest BCUT2D eigenvalue weighted by atomic mass is 35.5. The van der Waals surface area contributed by atoms with E-state index in [-0.39, 0.29) is 17.6 Å². The summed E-state index contributed by atoms with van der Waals surface area (Å²) < 4.78 is 11.2. The summed E-state index contributed by atoms with van der Waals surface area (Å²) in [6.07, 6.45) is 3.58. The third-order valence-corrected chi connectivity index (χ3v) is 4.91. The Morgan fingerprint density at radius 2 is 1.93 bits per heavy atom. The number of pyridine rings is 1. The number of nitrogens with two attached hydrogens (primary N) is 1. The number of carbonyl (C=O) groups excluding carboxylic acids is 2. The zero-order chi connectivity index (χ0) is 21.3. The van der Waals surface area contributed by atoms with Crippen LogP contribution in [0.25, 0.3) is 10.9 Å². The van der Waals surface area contributed by atoms with Gasteiger partial charge in [-0.05, 0) is 43.2 Å². The molecule has 154 valence electrons. The Kier molecular flexibility index (Phi) is 5.33. The predicted octanol–water partition coefficient (Wildman–Crippen LogP) is 4.07. The van der Waals surface area contributed by atoms with Gasteiger partial charge in [-0.3, -0.25) is 9.78 Å². The summed E-state index contributed by atoms with van der Waals surface area (Å²) in [5.74, 6) is 0.534. The van der Waals surface area contributed by atoms with Crippen molar-refractivity contribution in [3.05, 3.63) is 53.2 Å². The van der Waals surface area contributed by atoms with Crippen molar-refractivity contribution in [3.8, 4) is 17.2 Å². The molecule has 1 aromatic heterocycles. The van der Waals surface area contributed by atoms with Crippen LogP contribution in [0.5, 0.6) is 17.2 Å². The van der Waals surface area contributed by atoms with E-state index in [1.165, 1.54) is 7.11 Å². The quantitative estimate of drug-likeness (QED) is 0.549. The summed E-state index contributed by atoms with van der Waals surface area (Å²) in [6.45, 7) is 0. The van der Waals surface area contributed by atoms with Crippen LogP contribution in [0.4, 0.5) is 10.5 Å². The summed E-state index contributed by atoms with van der Waals surface area (Å²) in [5, 5.41) is 6.47. The normalized spacial score (nSPS) is 13.0. The molecule has 2 aromatic carbocycles. The van der Waals surface area contributed by atoms with Crippen molar-refractivity contribution < 1.29 is 19.1 Å². The number of halogens is 1. The van der Waals surface area contributed by atoms with Gasteiger partial charge in [0.25, 0.3) is 5.91 Å². The fourth-order valence-electron chi connectivity index (χ4n) is 2.96. The maximum Gasteiger partial charge on any atom is 0.319 e. The van der Waals surface area contributed by atoms with Gasteiger partial charge in [0.15, 0.2) is 0 Å². The second-order valence-electron chi connectivity index (χ2n) is 6.86. The average Bonchev–Trinajstić information content (AvgIpc) is 3.52. The molecule has 1 aliphatic carbocycles. The Morgan fingerprint density at radius 3 is 2.60 bits per heavy atom. The van der Waals surface area contributed by atoms with Crippen LogP contribution in [0, 0.1) is 0 Å². The third kappa shape index (κ3) is 4.23. The van der Waals surface area contributed by atoms with E-state index in [2.05, 4.69) is 15.6 Å². The fraction of sp³-hybridized carbons (Fsp3) is 0.190. The molecule has 1 aliphatic rings. The smallest absolute Gasteiger partial charge is 0.319 e. The monoisotopic (exact) mass is 426 g/mol. The van der Waals surface area contributed by atoms with Crippen LogP contribution in [0.2, 0.25) is 5.02 Å². The van der Waals surface area contributed by atoms with Crippen molar-refractivity contribution in [2.75, 3.05) is 12.4 Å². The number of amides is 3. The van der Waals surface area contributed by atoms with Crippen LogP contribution in [-0.4, -0.2) is 30.1 Å². The predicted molar refractivity (Wildman–Crippen MR) is 114 cm³/mol. The van der Waals surface area contributed by atoms with Crippen molar-refractivity contribution >= 4 is 40.1 Å². The van der Waals surface area contributed by atoms with Crippen LogP contribution in [0.1, 0.15) is 23.2 Å². The van der Waals surface area contributed by atoms with E-state index < -0.39 is 5.91 Å². The standard InChI is InChI=1S/C21H19ClN4O4/c1-29-19-10-16-13(9-14(19)20(23)27)17(6-7-24-16)30-18-5-4-12(8-15(18)22)26-21(28)25-11-2-3-11/h4-11H,2-3H2,1H3,(H2,23,27)(H2,25,26,28). The van der Waals surface area contributed by atoms with E-state index in [1.54, 1.807) is 42.6 Å². The maximum absolute atomic E-state index is 11.9. The highest BCUT2D eigenvalue weighted by molar-refractivity contribution is 6.32. The number of ether oxygens (including phenoxy) is 2. The Morgan fingerprint density at radius 1 is 1.13 bits per heavy atom. The van der Waals surface area contributed by atoms with Gasteiger partial charge in [0.1, 0.15) is 17.2 Å². The Bertz CT molecular complexity index is 1150. The molecule has 0 unspecified atom stereocenters. The molecule has 0 aliphatic heterocycles. The summed E-state index contributed by atoms with van der Waals surface area (Å²) >= 11 is 6.35. The Hall–Kier alpha value is -3.52. The summed E-state index contributed by atoms with van der Waals surface area (Å²) in [7, 11) is 1.45. The number of fused-ring (bicyclic) bond motifs is 1. The average molecular weight is 427 g/mol. The molecule has 8 nitrogen and oxygen atoms in total. The zero-order valence-corrected chi connectivity index (χ0v) is 16.8. The first-order chi connectivity index (χ1) is 14.4. The number of hydrogen-bond donors (Lipinski definition) is 3. The molecule has 0 spiro atoms. The number of nitrogens with zero attached hydrogens (tertiary/aromatic N) is 1. The van der Waals surface area contributed by atoms with Gasteiger partial charge in [-0.2, -0.15) is 0 Å². The number of rotatable bonds is 6. The van der Waals surface area contributed by atoms with Crippen LogP contribution >= 0.6 is 11.6 Å². The van der Waals surface area contributed by atoms with Gasteiger partial charge in [0.05, 0.1) is 23.2 Å². The second kappa shape index (κ2) is 8.08. The molecule has 30 heavy (non-hydrogen) atoms. The van der Waals surface area contributed by atoms with Gasteiger partial charge in [-0.25, -0.2) is 4.79 Å². The molecular weight excluding hydrogens is 408 g/mol. The largest absolute Gasteiger partial charge is 0.496 e. The Balaban J connectivity index is 1.61. The van der Waals surface area contributed by atoms with E-state index in [1.807, 2.05) is 0 Å². The van der Waals surface area contributed by atoms with Gasteiger partial charge in [-0.15, -0.1) is 0 Å². The topological polar surface area (TPSA) is 116 Å². The molecular formula is C21H19ClN4O4. The minimum atomic E-state index is -0.624. The Labute approximate surface area is 177 Å². The number of nitrogens with one attached hydrogen (secondary N) is 2. The molecule has 0 bridgehead atoms. The number of aromatic nitrogens is 1. The lowest BCUT2D eigenvalue weighted by Gasteiger charge is -2.13. The van der Waals surface area contributed by atoms with E-state index >= 15 is 0 Å². The van der Waals surface area contributed by atoms with Gasteiger partial charge in [-0.1, -0.05) is 11.6 Å². The fourth-order valence-corrected chi connectivity index (χ4v) is 3.18. The molecule has 9 heteroatoms. The number of methoxy groups -OCH3 is 1. The summed E-state index contributed by atoms with van der Waals surface area (Å²) in [6, 6.07) is 9.78. The molecule has 0 saturated heterocycles. The highest BCUT2D eigenvalue weighted by Crippen LogP contribution is 2.36. The second-order valence-corrected chi connectivity index (χ2v) is 7.27. The lowest BCUT2D eigenvalue weighted by atomic mass is 10.1. The molecule has 4 rings (SSSR count). The van der Waals surface area contributed by atoms with Crippen LogP contribution in [0.15, 0.2) is 42.6 Å². The molecule has 3 aromatic rings. The first-order valence-electron chi connectivity index (χ1n) is 9.26. The van der Waals surface area contributed by atoms with Crippen molar-refractivity contribution in [2.45, 2.75) is 18.9 Å². The molecule has 0 atom stereocenters. The highest BCUT2D eigenvalue weighted by Gasteiger charge is 2.23. The summed E-state index contributed by atoms with van der Waals surface area (Å²) in [4.78, 5) is 27.9. The number of benzene rings is 2. The SMILES string of the molecule is COc1cc2nccc(Oc3ccc(NC(=O)NC4CC4)cc3Cl)c2cc1C(N)=O. The number of carbonyl (C=O) groups is 2. The van der Waals surface area contributed by atoms with E-state index in [0.29, 0.717) is 38.9 Å². The first kappa shape index (κ1) is 19.8. The minimum absolute atomic E-state index is 0.218. The molecule has 1 fully saturated rings. The molecule has 1 saturated carbocycles. The van der Waals surface area contributed by atoms with Crippen molar-refractivity contribution in [1.29, 1.82) is 0 Å². The lowest BCUT2D eigenvalue weighted by molar-refractivity contribution is 0.0997. The number of hydrogen-bond acceptors (Lipinski definition) is 5. The van der Waals surface area contributed by atoms with Crippen LogP contribution in [-0.2, 0) is 0 Å². The summed E-state index contributed by atoms with van der Waals surface area (Å²) in [5.41, 5.74) is 6.79. The molecule has 1 heterocycles. The van der Waals surface area contributed by atoms with Crippen LogP contribution < -0.4 is 25.8 Å². The zero-order valence-electron chi connectivity index (χ0n) is 16.1. The minimum Gasteiger partial charge on any atom is -0.496 e. The van der Waals surface area contributed by atoms with Gasteiger partial charge in [0.2, 0.25) is 0 Å². The maximum atomic E-state index is 11.9. The van der Waals surface area contributed by atoms with Crippen molar-refractivity contribution in [2.24, 2.45) is 5.73 Å². The number of primary amides is 1. The van der Waals surface area contributed by atoms with Gasteiger partial charge in [0, 0.05) is 29.4 Å². The molecule has 4 N–H and O–H groups in total. The number of urea groups is 1. The van der Waals surface area contributed by atoms with Gasteiger partial charge >= 0.3 is 6.03 Å². The first-order valence-corrected chi connectivity index (χ1v) is 9.64. The van der Waals surface area contributed by atoms with Crippen molar-refractivity contribution in [1.82, 2.24) is 10.3 Å². The number of anilines is 1. The van der Waals surface area contributed by atoms with Crippen molar-refractivity contribution in [3.63, 3.8) is 0 Å². The molecule has 0 radical (unpaired) electrons. The van der Waals surface area contributed by atoms with Gasteiger partial charge < -0.3 is 25.8 Å². The van der Waals surface area contributed by atoms with E-state index in [4.69, 9.17) is 26.8 Å². The molecule has 3 amide bonds. The lowest BCUT2D eigenvalue weighted by Crippen LogP contribution is -2.30. The van der Waals surface area contributed by atoms with E-state index in [0.717, 1.165) is 12.8 Å². The van der Waals surface area contributed by atoms with E-state index in [9.17, 15) is 9.59 Å². The third-order valence-electron chi connectivity index (χ3n) is 4.61.